The lowest BCUT2D eigenvalue weighted by atomic mass is 10.1. The Morgan fingerprint density at radius 1 is 0.800 bits per heavy atom. The zero-order valence-electron chi connectivity index (χ0n) is 14.2. The highest BCUT2D eigenvalue weighted by Gasteiger charge is 2.02. The Balaban J connectivity index is 1.65. The van der Waals surface area contributed by atoms with Crippen molar-refractivity contribution in [1.29, 1.82) is 0 Å². The van der Waals surface area contributed by atoms with Crippen LogP contribution in [0.5, 0.6) is 0 Å². The fraction of sp³-hybridized carbons (Fsp3) is 0.182. The van der Waals surface area contributed by atoms with Crippen LogP contribution < -0.4 is 5.49 Å². The molecule has 0 N–H and O–H groups in total. The van der Waals surface area contributed by atoms with Gasteiger partial charge in [0.05, 0.1) is 0 Å². The molecular formula is C22H22N2O. The summed E-state index contributed by atoms with van der Waals surface area (Å²) < 4.78 is 2.00. The number of amides is 1. The standard InChI is InChI=1S/C22H22N2O/c25-22(16-9-14-19-10-3-1-4-11-19)23-21-15-7-8-17-24(21)18-20-12-5-2-6-13-20/h1-8,10-13,15,17H,9,14,16,18H2. The zero-order chi connectivity index (χ0) is 17.3. The van der Waals surface area contributed by atoms with Crippen molar-refractivity contribution in [2.24, 2.45) is 4.99 Å². The molecule has 0 radical (unpaired) electrons. The Kier molecular flexibility index (Phi) is 5.94. The quantitative estimate of drug-likeness (QED) is 0.673. The second kappa shape index (κ2) is 8.78. The monoisotopic (exact) mass is 330 g/mol. The summed E-state index contributed by atoms with van der Waals surface area (Å²) in [6.45, 7) is 0.706. The van der Waals surface area contributed by atoms with Crippen LogP contribution in [-0.4, -0.2) is 10.5 Å². The Morgan fingerprint density at radius 3 is 2.16 bits per heavy atom. The molecule has 0 saturated heterocycles. The Labute approximate surface area is 148 Å². The number of nitrogens with zero attached hydrogens (tertiary/aromatic N) is 2. The van der Waals surface area contributed by atoms with Gasteiger partial charge in [-0.05, 0) is 36.1 Å². The minimum Gasteiger partial charge on any atom is -0.329 e. The zero-order valence-corrected chi connectivity index (χ0v) is 14.2. The van der Waals surface area contributed by atoms with Crippen molar-refractivity contribution in [2.45, 2.75) is 25.8 Å². The summed E-state index contributed by atoms with van der Waals surface area (Å²) in [6.07, 6.45) is 4.15. The molecule has 0 aliphatic heterocycles. The second-order valence-electron chi connectivity index (χ2n) is 6.02. The smallest absolute Gasteiger partial charge is 0.247 e. The first-order valence-electron chi connectivity index (χ1n) is 8.62. The van der Waals surface area contributed by atoms with Gasteiger partial charge in [-0.15, -0.1) is 0 Å². The minimum atomic E-state index is -0.0658. The molecule has 0 atom stereocenters. The van der Waals surface area contributed by atoms with Gasteiger partial charge in [-0.3, -0.25) is 4.79 Å². The third kappa shape index (κ3) is 5.28. The van der Waals surface area contributed by atoms with E-state index in [1.165, 1.54) is 11.1 Å². The molecule has 1 heterocycles. The van der Waals surface area contributed by atoms with Gasteiger partial charge in [0, 0.05) is 19.2 Å². The predicted octanol–water partition coefficient (Wildman–Crippen LogP) is 3.99. The van der Waals surface area contributed by atoms with Gasteiger partial charge in [-0.1, -0.05) is 66.7 Å². The van der Waals surface area contributed by atoms with E-state index in [1.54, 1.807) is 0 Å². The summed E-state index contributed by atoms with van der Waals surface area (Å²) in [4.78, 5) is 16.5. The molecule has 3 heteroatoms. The van der Waals surface area contributed by atoms with E-state index in [4.69, 9.17) is 0 Å². The van der Waals surface area contributed by atoms with E-state index in [-0.39, 0.29) is 5.91 Å². The maximum absolute atomic E-state index is 12.2. The number of rotatable bonds is 6. The van der Waals surface area contributed by atoms with Crippen molar-refractivity contribution in [1.82, 2.24) is 4.57 Å². The summed E-state index contributed by atoms with van der Waals surface area (Å²) in [6, 6.07) is 26.2. The van der Waals surface area contributed by atoms with E-state index in [9.17, 15) is 4.79 Å². The molecule has 0 saturated carbocycles. The third-order valence-corrected chi connectivity index (χ3v) is 4.05. The highest BCUT2D eigenvalue weighted by molar-refractivity contribution is 5.76. The van der Waals surface area contributed by atoms with Gasteiger partial charge >= 0.3 is 0 Å². The van der Waals surface area contributed by atoms with Crippen LogP contribution in [-0.2, 0) is 17.8 Å². The second-order valence-corrected chi connectivity index (χ2v) is 6.02. The Bertz CT molecular complexity index is 867. The number of aromatic nitrogens is 1. The molecule has 3 nitrogen and oxygen atoms in total. The fourth-order valence-electron chi connectivity index (χ4n) is 2.75. The van der Waals surface area contributed by atoms with Crippen molar-refractivity contribution in [3.63, 3.8) is 0 Å². The molecule has 126 valence electrons. The average molecular weight is 330 g/mol. The van der Waals surface area contributed by atoms with E-state index >= 15 is 0 Å². The molecule has 1 aromatic heterocycles. The van der Waals surface area contributed by atoms with Gasteiger partial charge in [0.25, 0.3) is 0 Å². The minimum absolute atomic E-state index is 0.0658. The van der Waals surface area contributed by atoms with Crippen LogP contribution in [0.2, 0.25) is 0 Å². The van der Waals surface area contributed by atoms with Gasteiger partial charge in [-0.25, -0.2) is 0 Å². The van der Waals surface area contributed by atoms with E-state index in [0.717, 1.165) is 12.8 Å². The highest BCUT2D eigenvalue weighted by atomic mass is 16.1. The van der Waals surface area contributed by atoms with Crippen molar-refractivity contribution in [2.75, 3.05) is 0 Å². The van der Waals surface area contributed by atoms with Gasteiger partial charge in [0.1, 0.15) is 5.49 Å². The van der Waals surface area contributed by atoms with E-state index in [0.29, 0.717) is 18.5 Å². The van der Waals surface area contributed by atoms with Crippen molar-refractivity contribution in [3.8, 4) is 0 Å². The van der Waals surface area contributed by atoms with Gasteiger partial charge in [0.15, 0.2) is 0 Å². The van der Waals surface area contributed by atoms with Crippen LogP contribution in [0.25, 0.3) is 0 Å². The Hall–Kier alpha value is -2.94. The van der Waals surface area contributed by atoms with Crippen LogP contribution in [0.15, 0.2) is 90.1 Å². The van der Waals surface area contributed by atoms with Gasteiger partial charge < -0.3 is 4.57 Å². The largest absolute Gasteiger partial charge is 0.329 e. The molecule has 25 heavy (non-hydrogen) atoms. The Morgan fingerprint density at radius 2 is 1.44 bits per heavy atom. The van der Waals surface area contributed by atoms with Crippen LogP contribution in [0, 0.1) is 0 Å². The molecule has 0 fully saturated rings. The molecule has 0 aliphatic carbocycles. The predicted molar refractivity (Wildman–Crippen MR) is 99.9 cm³/mol. The van der Waals surface area contributed by atoms with E-state index in [2.05, 4.69) is 29.3 Å². The summed E-state index contributed by atoms with van der Waals surface area (Å²) in [5.74, 6) is -0.0658. The molecule has 0 unspecified atom stereocenters. The van der Waals surface area contributed by atoms with Crippen molar-refractivity contribution in [3.05, 3.63) is 102 Å². The first-order valence-corrected chi connectivity index (χ1v) is 8.62. The summed E-state index contributed by atoms with van der Waals surface area (Å²) >= 11 is 0. The molecule has 0 bridgehead atoms. The lowest BCUT2D eigenvalue weighted by Gasteiger charge is -2.07. The molecule has 3 aromatic rings. The summed E-state index contributed by atoms with van der Waals surface area (Å²) in [5, 5.41) is 0. The molecular weight excluding hydrogens is 308 g/mol. The fourth-order valence-corrected chi connectivity index (χ4v) is 2.75. The van der Waals surface area contributed by atoms with Crippen LogP contribution >= 0.6 is 0 Å². The SMILES string of the molecule is O=C(CCCc1ccccc1)N=c1ccccn1Cc1ccccc1. The maximum Gasteiger partial charge on any atom is 0.247 e. The number of benzene rings is 2. The number of aryl methyl sites for hydroxylation is 1. The lowest BCUT2D eigenvalue weighted by molar-refractivity contribution is -0.118. The first-order chi connectivity index (χ1) is 12.3. The number of carbonyl (C=O) groups is 1. The topological polar surface area (TPSA) is 34.4 Å². The van der Waals surface area contributed by atoms with Crippen LogP contribution in [0.4, 0.5) is 0 Å². The van der Waals surface area contributed by atoms with Crippen LogP contribution in [0.1, 0.15) is 24.0 Å². The van der Waals surface area contributed by atoms with Crippen molar-refractivity contribution < 1.29 is 4.79 Å². The number of pyridine rings is 1. The molecule has 3 rings (SSSR count). The number of carbonyl (C=O) groups excluding carboxylic acids is 1. The van der Waals surface area contributed by atoms with E-state index in [1.807, 2.05) is 65.4 Å². The van der Waals surface area contributed by atoms with Crippen LogP contribution in [0.3, 0.4) is 0 Å². The first kappa shape index (κ1) is 16.9. The van der Waals surface area contributed by atoms with Crippen molar-refractivity contribution >= 4 is 5.91 Å². The molecule has 1 amide bonds. The number of hydrogen-bond acceptors (Lipinski definition) is 1. The number of hydrogen-bond donors (Lipinski definition) is 0. The molecule has 0 spiro atoms. The molecule has 0 aliphatic rings. The normalized spacial score (nSPS) is 11.4. The molecule has 2 aromatic carbocycles. The van der Waals surface area contributed by atoms with E-state index < -0.39 is 0 Å². The van der Waals surface area contributed by atoms with Gasteiger partial charge in [0.2, 0.25) is 5.91 Å². The van der Waals surface area contributed by atoms with Gasteiger partial charge in [-0.2, -0.15) is 4.99 Å². The average Bonchev–Trinajstić information content (AvgIpc) is 2.65. The summed E-state index contributed by atoms with van der Waals surface area (Å²) in [5.41, 5.74) is 3.15. The third-order valence-electron chi connectivity index (χ3n) is 4.05. The maximum atomic E-state index is 12.2. The summed E-state index contributed by atoms with van der Waals surface area (Å²) in [7, 11) is 0. The highest BCUT2D eigenvalue weighted by Crippen LogP contribution is 2.05. The lowest BCUT2D eigenvalue weighted by Crippen LogP contribution is -2.22.